The molecule has 1 unspecified atom stereocenters. The maximum atomic E-state index is 12.5. The van der Waals surface area contributed by atoms with Crippen LogP contribution >= 0.6 is 0 Å². The van der Waals surface area contributed by atoms with Crippen LogP contribution in [-0.4, -0.2) is 32.2 Å². The summed E-state index contributed by atoms with van der Waals surface area (Å²) in [7, 11) is 0. The minimum absolute atomic E-state index is 0.0755. The fraction of sp³-hybridized carbons (Fsp3) is 0.300. The highest BCUT2D eigenvalue weighted by atomic mass is 16.5. The van der Waals surface area contributed by atoms with E-state index >= 15 is 0 Å². The van der Waals surface area contributed by atoms with Gasteiger partial charge in [-0.15, -0.1) is 5.10 Å². The van der Waals surface area contributed by atoms with Crippen LogP contribution in [-0.2, 0) is 10.2 Å². The van der Waals surface area contributed by atoms with Crippen molar-refractivity contribution >= 4 is 11.6 Å². The van der Waals surface area contributed by atoms with Gasteiger partial charge < -0.3 is 10.1 Å². The summed E-state index contributed by atoms with van der Waals surface area (Å²) in [6, 6.07) is 15.1. The van der Waals surface area contributed by atoms with Crippen LogP contribution in [0.15, 0.2) is 54.9 Å². The smallest absolute Gasteiger partial charge is 0.265 e. The van der Waals surface area contributed by atoms with Crippen LogP contribution in [0.4, 0.5) is 5.69 Å². The summed E-state index contributed by atoms with van der Waals surface area (Å²) in [5, 5.41) is 13.9. The largest absolute Gasteiger partial charge is 0.481 e. The van der Waals surface area contributed by atoms with Gasteiger partial charge in [0, 0.05) is 5.69 Å². The van der Waals surface area contributed by atoms with Gasteiger partial charge >= 0.3 is 0 Å². The minimum Gasteiger partial charge on any atom is -0.481 e. The molecule has 0 saturated carbocycles. The predicted octanol–water partition coefficient (Wildman–Crippen LogP) is 3.37. The number of nitrogens with zero attached hydrogens (tertiary/aromatic N) is 4. The van der Waals surface area contributed by atoms with Gasteiger partial charge in [0.25, 0.3) is 5.91 Å². The van der Waals surface area contributed by atoms with Crippen LogP contribution in [0, 0.1) is 0 Å². The Morgan fingerprint density at radius 1 is 1.15 bits per heavy atom. The highest BCUT2D eigenvalue weighted by Crippen LogP contribution is 2.24. The Bertz CT molecular complexity index is 899. The van der Waals surface area contributed by atoms with Crippen LogP contribution in [0.3, 0.4) is 0 Å². The molecule has 140 valence electrons. The second-order valence-electron chi connectivity index (χ2n) is 7.33. The summed E-state index contributed by atoms with van der Waals surface area (Å²) >= 11 is 0. The Morgan fingerprint density at radius 2 is 1.89 bits per heavy atom. The molecule has 1 heterocycles. The third-order valence-corrected chi connectivity index (χ3v) is 4.13. The van der Waals surface area contributed by atoms with Crippen molar-refractivity contribution in [3.63, 3.8) is 0 Å². The van der Waals surface area contributed by atoms with E-state index in [2.05, 4.69) is 41.6 Å². The Balaban J connectivity index is 1.63. The van der Waals surface area contributed by atoms with Crippen LogP contribution in [0.5, 0.6) is 5.75 Å². The van der Waals surface area contributed by atoms with E-state index < -0.39 is 6.10 Å². The monoisotopic (exact) mass is 365 g/mol. The SMILES string of the molecule is CC(Oc1ccc(C(C)(C)C)cc1)C(=O)Nc1cccc(-n2cnnn2)c1. The molecule has 7 nitrogen and oxygen atoms in total. The second kappa shape index (κ2) is 7.57. The Labute approximate surface area is 158 Å². The molecule has 3 rings (SSSR count). The van der Waals surface area contributed by atoms with Crippen molar-refractivity contribution in [1.29, 1.82) is 0 Å². The quantitative estimate of drug-likeness (QED) is 0.750. The summed E-state index contributed by atoms with van der Waals surface area (Å²) in [6.07, 6.45) is 0.857. The molecular weight excluding hydrogens is 342 g/mol. The van der Waals surface area contributed by atoms with Crippen molar-refractivity contribution in [2.24, 2.45) is 0 Å². The van der Waals surface area contributed by atoms with Crippen molar-refractivity contribution in [3.05, 3.63) is 60.4 Å². The standard InChI is InChI=1S/C20H23N5O2/c1-14(27-18-10-8-15(9-11-18)20(2,3)4)19(26)22-16-6-5-7-17(12-16)25-13-21-23-24-25/h5-14H,1-4H3,(H,22,26). The van der Waals surface area contributed by atoms with E-state index in [0.717, 1.165) is 5.69 Å². The second-order valence-corrected chi connectivity index (χ2v) is 7.33. The molecule has 3 aromatic rings. The molecule has 1 N–H and O–H groups in total. The summed E-state index contributed by atoms with van der Waals surface area (Å²) < 4.78 is 7.29. The van der Waals surface area contributed by atoms with Gasteiger partial charge in [0.1, 0.15) is 12.1 Å². The summed E-state index contributed by atoms with van der Waals surface area (Å²) in [5.74, 6) is 0.428. The van der Waals surface area contributed by atoms with Crippen molar-refractivity contribution in [2.75, 3.05) is 5.32 Å². The number of nitrogens with one attached hydrogen (secondary N) is 1. The first kappa shape index (κ1) is 18.6. The molecule has 1 amide bonds. The van der Waals surface area contributed by atoms with E-state index in [1.165, 1.54) is 16.6 Å². The number of hydrogen-bond donors (Lipinski definition) is 1. The molecule has 0 aliphatic carbocycles. The molecule has 1 atom stereocenters. The maximum absolute atomic E-state index is 12.5. The lowest BCUT2D eigenvalue weighted by Crippen LogP contribution is -2.30. The van der Waals surface area contributed by atoms with E-state index in [1.807, 2.05) is 36.4 Å². The number of hydrogen-bond acceptors (Lipinski definition) is 5. The molecule has 27 heavy (non-hydrogen) atoms. The summed E-state index contributed by atoms with van der Waals surface area (Å²) in [4.78, 5) is 12.5. The van der Waals surface area contributed by atoms with Gasteiger partial charge in [-0.25, -0.2) is 4.68 Å². The van der Waals surface area contributed by atoms with Gasteiger partial charge in [0.15, 0.2) is 6.10 Å². The molecule has 0 fully saturated rings. The number of carbonyl (C=O) groups excluding carboxylic acids is 1. The third kappa shape index (κ3) is 4.69. The number of amides is 1. The lowest BCUT2D eigenvalue weighted by molar-refractivity contribution is -0.122. The normalized spacial score (nSPS) is 12.4. The van der Waals surface area contributed by atoms with Gasteiger partial charge in [-0.05, 0) is 58.7 Å². The van der Waals surface area contributed by atoms with Crippen LogP contribution < -0.4 is 10.1 Å². The zero-order valence-corrected chi connectivity index (χ0v) is 15.9. The van der Waals surface area contributed by atoms with Crippen LogP contribution in [0.1, 0.15) is 33.3 Å². The minimum atomic E-state index is -0.637. The van der Waals surface area contributed by atoms with Gasteiger partial charge in [-0.2, -0.15) is 0 Å². The van der Waals surface area contributed by atoms with Crippen LogP contribution in [0.25, 0.3) is 5.69 Å². The average Bonchev–Trinajstić information content (AvgIpc) is 3.16. The molecule has 0 bridgehead atoms. The van der Waals surface area contributed by atoms with E-state index in [9.17, 15) is 4.79 Å². The molecule has 0 spiro atoms. The molecule has 0 aliphatic heterocycles. The van der Waals surface area contributed by atoms with Crippen molar-refractivity contribution in [1.82, 2.24) is 20.2 Å². The zero-order valence-electron chi connectivity index (χ0n) is 15.9. The van der Waals surface area contributed by atoms with E-state index in [-0.39, 0.29) is 11.3 Å². The topological polar surface area (TPSA) is 81.9 Å². The molecule has 7 heteroatoms. The summed E-state index contributed by atoms with van der Waals surface area (Å²) in [6.45, 7) is 8.19. The summed E-state index contributed by atoms with van der Waals surface area (Å²) in [5.41, 5.74) is 2.69. The van der Waals surface area contributed by atoms with Crippen molar-refractivity contribution in [3.8, 4) is 11.4 Å². The van der Waals surface area contributed by atoms with Gasteiger partial charge in [0.2, 0.25) is 0 Å². The average molecular weight is 365 g/mol. The van der Waals surface area contributed by atoms with E-state index in [1.54, 1.807) is 19.1 Å². The number of rotatable bonds is 5. The lowest BCUT2D eigenvalue weighted by atomic mass is 9.87. The van der Waals surface area contributed by atoms with Crippen molar-refractivity contribution < 1.29 is 9.53 Å². The first-order valence-corrected chi connectivity index (χ1v) is 8.74. The highest BCUT2D eigenvalue weighted by Gasteiger charge is 2.17. The Kier molecular flexibility index (Phi) is 5.21. The molecule has 0 radical (unpaired) electrons. The Hall–Kier alpha value is -3.22. The molecule has 0 saturated heterocycles. The first-order valence-electron chi connectivity index (χ1n) is 8.74. The number of ether oxygens (including phenoxy) is 1. The maximum Gasteiger partial charge on any atom is 0.265 e. The molecule has 1 aromatic heterocycles. The predicted molar refractivity (Wildman–Crippen MR) is 103 cm³/mol. The first-order chi connectivity index (χ1) is 12.8. The number of carbonyl (C=O) groups is 1. The lowest BCUT2D eigenvalue weighted by Gasteiger charge is -2.20. The fourth-order valence-corrected chi connectivity index (χ4v) is 2.54. The van der Waals surface area contributed by atoms with Crippen LogP contribution in [0.2, 0.25) is 0 Å². The third-order valence-electron chi connectivity index (χ3n) is 4.13. The van der Waals surface area contributed by atoms with E-state index in [0.29, 0.717) is 11.4 Å². The number of benzene rings is 2. The van der Waals surface area contributed by atoms with Crippen molar-refractivity contribution in [2.45, 2.75) is 39.2 Å². The number of tetrazole rings is 1. The molecule has 0 aliphatic rings. The zero-order chi connectivity index (χ0) is 19.4. The van der Waals surface area contributed by atoms with Gasteiger partial charge in [0.05, 0.1) is 5.69 Å². The number of anilines is 1. The Morgan fingerprint density at radius 3 is 2.52 bits per heavy atom. The number of aromatic nitrogens is 4. The highest BCUT2D eigenvalue weighted by molar-refractivity contribution is 5.94. The van der Waals surface area contributed by atoms with Gasteiger partial charge in [-0.1, -0.05) is 39.0 Å². The molecule has 2 aromatic carbocycles. The van der Waals surface area contributed by atoms with E-state index in [4.69, 9.17) is 4.74 Å². The molecular formula is C20H23N5O2. The fourth-order valence-electron chi connectivity index (χ4n) is 2.54. The van der Waals surface area contributed by atoms with Gasteiger partial charge in [-0.3, -0.25) is 4.79 Å².